The molecule has 4 aliphatic rings. The summed E-state index contributed by atoms with van der Waals surface area (Å²) in [7, 11) is 0. The minimum absolute atomic E-state index is 0.332. The molecule has 2 saturated carbocycles. The van der Waals surface area contributed by atoms with Crippen LogP contribution in [0.4, 0.5) is 0 Å². The van der Waals surface area contributed by atoms with Gasteiger partial charge in [0.05, 0.1) is 0 Å². The van der Waals surface area contributed by atoms with E-state index in [0.717, 1.165) is 24.2 Å². The van der Waals surface area contributed by atoms with Gasteiger partial charge in [-0.1, -0.05) is 23.8 Å². The summed E-state index contributed by atoms with van der Waals surface area (Å²) in [4.78, 5) is 0. The molecule has 4 unspecified atom stereocenters. The van der Waals surface area contributed by atoms with E-state index >= 15 is 0 Å². The summed E-state index contributed by atoms with van der Waals surface area (Å²) < 4.78 is 0. The summed E-state index contributed by atoms with van der Waals surface area (Å²) in [6.07, 6.45) is 16.4. The van der Waals surface area contributed by atoms with E-state index in [2.05, 4.69) is 31.4 Å². The molecule has 0 heterocycles. The highest BCUT2D eigenvalue weighted by Gasteiger charge is 2.50. The molecule has 0 N–H and O–H groups in total. The number of hydrogen-bond donors (Lipinski definition) is 0. The molecule has 2 fully saturated rings. The van der Waals surface area contributed by atoms with Gasteiger partial charge >= 0.3 is 0 Å². The highest BCUT2D eigenvalue weighted by atomic mass is 14.5. The van der Waals surface area contributed by atoms with Crippen molar-refractivity contribution in [3.05, 3.63) is 48.1 Å². The van der Waals surface area contributed by atoms with Crippen LogP contribution in [0, 0.1) is 23.2 Å². The fourth-order valence-electron chi connectivity index (χ4n) is 5.36. The molecule has 100 valence electrons. The van der Waals surface area contributed by atoms with E-state index in [-0.39, 0.29) is 0 Å². The zero-order valence-electron chi connectivity index (χ0n) is 11.8. The molecule has 19 heavy (non-hydrogen) atoms. The van der Waals surface area contributed by atoms with E-state index in [9.17, 15) is 0 Å². The third-order valence-corrected chi connectivity index (χ3v) is 6.31. The monoisotopic (exact) mass is 252 g/mol. The molecule has 0 radical (unpaired) electrons. The highest BCUT2D eigenvalue weighted by Crippen LogP contribution is 2.61. The Hall–Kier alpha value is -1.04. The van der Waals surface area contributed by atoms with Crippen molar-refractivity contribution in [2.45, 2.75) is 44.9 Å². The van der Waals surface area contributed by atoms with Crippen LogP contribution < -0.4 is 0 Å². The number of rotatable bonds is 4. The lowest BCUT2D eigenvalue weighted by atomic mass is 9.71. The molecule has 0 spiro atoms. The zero-order chi connectivity index (χ0) is 13.0. The molecule has 0 aromatic rings. The Labute approximate surface area is 117 Å². The van der Waals surface area contributed by atoms with Crippen LogP contribution in [0.2, 0.25) is 0 Å². The highest BCUT2D eigenvalue weighted by molar-refractivity contribution is 5.47. The van der Waals surface area contributed by atoms with Crippen molar-refractivity contribution >= 4 is 0 Å². The fraction of sp³-hybridized carbons (Fsp3) is 0.579. The van der Waals surface area contributed by atoms with Gasteiger partial charge in [-0.2, -0.15) is 0 Å². The second-order valence-electron chi connectivity index (χ2n) is 7.19. The number of allylic oxidation sites excluding steroid dienone is 6. The third kappa shape index (κ3) is 1.52. The minimum atomic E-state index is 0.332. The third-order valence-electron chi connectivity index (χ3n) is 6.31. The Morgan fingerprint density at radius 2 is 2.21 bits per heavy atom. The average Bonchev–Trinajstić information content (AvgIpc) is 3.17. The van der Waals surface area contributed by atoms with E-state index < -0.39 is 0 Å². The van der Waals surface area contributed by atoms with Gasteiger partial charge in [0.15, 0.2) is 0 Å². The Morgan fingerprint density at radius 3 is 2.74 bits per heavy atom. The SMILES string of the molecule is C=CCC1(C=C)CC2CC1C=C2C1=C2CCC(C2)C1. The molecule has 0 aliphatic heterocycles. The lowest BCUT2D eigenvalue weighted by Gasteiger charge is -2.33. The summed E-state index contributed by atoms with van der Waals surface area (Å²) in [5.74, 6) is 2.56. The molecular weight excluding hydrogens is 228 g/mol. The van der Waals surface area contributed by atoms with Gasteiger partial charge in [0.1, 0.15) is 0 Å². The van der Waals surface area contributed by atoms with Gasteiger partial charge < -0.3 is 0 Å². The van der Waals surface area contributed by atoms with Gasteiger partial charge in [0, 0.05) is 0 Å². The van der Waals surface area contributed by atoms with Crippen molar-refractivity contribution in [2.24, 2.45) is 23.2 Å². The molecule has 0 amide bonds. The Bertz CT molecular complexity index is 504. The molecule has 4 aliphatic carbocycles. The van der Waals surface area contributed by atoms with Gasteiger partial charge in [0.2, 0.25) is 0 Å². The molecule has 0 saturated heterocycles. The van der Waals surface area contributed by atoms with Gasteiger partial charge in [-0.25, -0.2) is 0 Å². The molecule has 4 rings (SSSR count). The molecule has 0 heteroatoms. The van der Waals surface area contributed by atoms with Gasteiger partial charge in [-0.05, 0) is 79.3 Å². The van der Waals surface area contributed by atoms with E-state index in [4.69, 9.17) is 0 Å². The standard InChI is InChI=1S/C19H24/c1-3-7-19(4-2)12-15-10-16(19)11-18(15)17-9-13-5-6-14(17)8-13/h3-4,11,13,15-16H,1-2,5-10,12H2. The van der Waals surface area contributed by atoms with E-state index in [1.54, 1.807) is 11.1 Å². The lowest BCUT2D eigenvalue weighted by Crippen LogP contribution is -2.23. The van der Waals surface area contributed by atoms with Crippen LogP contribution in [0.1, 0.15) is 44.9 Å². The van der Waals surface area contributed by atoms with Gasteiger partial charge in [-0.15, -0.1) is 13.2 Å². The van der Waals surface area contributed by atoms with Crippen LogP contribution in [0.3, 0.4) is 0 Å². The van der Waals surface area contributed by atoms with Crippen LogP contribution in [-0.4, -0.2) is 0 Å². The Kier molecular flexibility index (Phi) is 2.46. The van der Waals surface area contributed by atoms with Crippen LogP contribution in [0.15, 0.2) is 48.1 Å². The number of hydrogen-bond acceptors (Lipinski definition) is 0. The zero-order valence-corrected chi connectivity index (χ0v) is 11.8. The summed E-state index contributed by atoms with van der Waals surface area (Å²) >= 11 is 0. The first-order chi connectivity index (χ1) is 9.25. The first-order valence-corrected chi connectivity index (χ1v) is 7.93. The molecular formula is C19H24. The van der Waals surface area contributed by atoms with Crippen molar-refractivity contribution in [3.63, 3.8) is 0 Å². The predicted octanol–water partition coefficient (Wildman–Crippen LogP) is 5.20. The normalized spacial score (nSPS) is 42.9. The summed E-state index contributed by atoms with van der Waals surface area (Å²) in [5, 5.41) is 0. The van der Waals surface area contributed by atoms with Gasteiger partial charge in [-0.3, -0.25) is 0 Å². The van der Waals surface area contributed by atoms with E-state index in [0.29, 0.717) is 5.41 Å². The predicted molar refractivity (Wildman–Crippen MR) is 80.7 cm³/mol. The maximum Gasteiger partial charge on any atom is -0.00176 e. The van der Waals surface area contributed by atoms with Crippen molar-refractivity contribution in [1.29, 1.82) is 0 Å². The Balaban J connectivity index is 1.66. The number of fused-ring (bicyclic) bond motifs is 4. The van der Waals surface area contributed by atoms with Crippen molar-refractivity contribution in [3.8, 4) is 0 Å². The largest absolute Gasteiger partial charge is 0.103 e. The van der Waals surface area contributed by atoms with Crippen molar-refractivity contribution < 1.29 is 0 Å². The lowest BCUT2D eigenvalue weighted by molar-refractivity contribution is 0.316. The van der Waals surface area contributed by atoms with Crippen LogP contribution in [0.25, 0.3) is 0 Å². The average molecular weight is 252 g/mol. The molecule has 0 nitrogen and oxygen atoms in total. The van der Waals surface area contributed by atoms with Crippen LogP contribution in [0.5, 0.6) is 0 Å². The molecule has 4 atom stereocenters. The van der Waals surface area contributed by atoms with Crippen molar-refractivity contribution in [1.82, 2.24) is 0 Å². The van der Waals surface area contributed by atoms with E-state index in [1.807, 2.05) is 5.57 Å². The molecule has 0 aromatic carbocycles. The summed E-state index contributed by atoms with van der Waals surface area (Å²) in [5.41, 5.74) is 5.69. The summed E-state index contributed by atoms with van der Waals surface area (Å²) in [6.45, 7) is 8.07. The second-order valence-corrected chi connectivity index (χ2v) is 7.19. The topological polar surface area (TPSA) is 0 Å². The fourth-order valence-corrected chi connectivity index (χ4v) is 5.36. The smallest absolute Gasteiger partial charge is 0.00176 e. The van der Waals surface area contributed by atoms with Crippen molar-refractivity contribution in [2.75, 3.05) is 0 Å². The first-order valence-electron chi connectivity index (χ1n) is 7.93. The van der Waals surface area contributed by atoms with E-state index in [1.165, 1.54) is 38.5 Å². The minimum Gasteiger partial charge on any atom is -0.103 e. The quantitative estimate of drug-likeness (QED) is 0.603. The first kappa shape index (κ1) is 11.8. The molecule has 0 aromatic heterocycles. The summed E-state index contributed by atoms with van der Waals surface area (Å²) in [6, 6.07) is 0. The second kappa shape index (κ2) is 3.98. The molecule has 4 bridgehead atoms. The van der Waals surface area contributed by atoms with Crippen LogP contribution in [-0.2, 0) is 0 Å². The maximum atomic E-state index is 4.12. The van der Waals surface area contributed by atoms with Crippen LogP contribution >= 0.6 is 0 Å². The van der Waals surface area contributed by atoms with Gasteiger partial charge in [0.25, 0.3) is 0 Å². The Morgan fingerprint density at radius 1 is 1.32 bits per heavy atom. The maximum absolute atomic E-state index is 4.12.